The number of amides is 1. The second kappa shape index (κ2) is 6.71. The van der Waals surface area contributed by atoms with E-state index < -0.39 is 29.3 Å². The van der Waals surface area contributed by atoms with Gasteiger partial charge in [-0.15, -0.1) is 12.6 Å². The van der Waals surface area contributed by atoms with E-state index >= 15 is 0 Å². The number of fused-ring (bicyclic) bond motifs is 1. The molecule has 1 amide bonds. The van der Waals surface area contributed by atoms with Gasteiger partial charge in [-0.1, -0.05) is 17.3 Å². The maximum Gasteiger partial charge on any atom is 0.326 e. The zero-order valence-electron chi connectivity index (χ0n) is 13.1. The third-order valence-electron chi connectivity index (χ3n) is 4.05. The fourth-order valence-electron chi connectivity index (χ4n) is 2.86. The second-order valence-corrected chi connectivity index (χ2v) is 6.52. The Bertz CT molecular complexity index is 792. The fourth-order valence-corrected chi connectivity index (χ4v) is 3.14. The molecule has 132 valence electrons. The number of aromatic nitrogens is 1. The molecule has 2 aromatic rings. The van der Waals surface area contributed by atoms with Crippen LogP contribution in [0.1, 0.15) is 12.8 Å². The minimum absolute atomic E-state index is 0.000674. The molecule has 1 fully saturated rings. The zero-order valence-corrected chi connectivity index (χ0v) is 14.0. The molecule has 1 aliphatic rings. The number of thiol groups is 1. The lowest BCUT2D eigenvalue weighted by atomic mass is 10.2. The Balaban J connectivity index is 1.88. The van der Waals surface area contributed by atoms with Crippen molar-refractivity contribution in [3.05, 3.63) is 29.2 Å². The molecule has 9 nitrogen and oxygen atoms in total. The summed E-state index contributed by atoms with van der Waals surface area (Å²) in [6, 6.07) is 6.03. The first-order valence-corrected chi connectivity index (χ1v) is 8.08. The first-order valence-electron chi connectivity index (χ1n) is 7.64. The van der Waals surface area contributed by atoms with E-state index in [-0.39, 0.29) is 12.6 Å². The molecule has 1 aliphatic heterocycles. The predicted molar refractivity (Wildman–Crippen MR) is 92.4 cm³/mol. The van der Waals surface area contributed by atoms with Crippen LogP contribution in [0.3, 0.4) is 0 Å². The summed E-state index contributed by atoms with van der Waals surface area (Å²) in [7, 11) is 0. The molecule has 0 aliphatic carbocycles. The maximum absolute atomic E-state index is 12.8. The van der Waals surface area contributed by atoms with Crippen molar-refractivity contribution in [1.82, 2.24) is 9.88 Å². The summed E-state index contributed by atoms with van der Waals surface area (Å²) in [6.45, 7) is -0.247. The number of hydrogen-bond donors (Lipinski definition) is 3. The van der Waals surface area contributed by atoms with Gasteiger partial charge in [0.05, 0.1) is 0 Å². The first kappa shape index (κ1) is 17.2. The normalized spacial score (nSPS) is 19.6. The van der Waals surface area contributed by atoms with Crippen LogP contribution in [0.4, 0.5) is 6.01 Å². The van der Waals surface area contributed by atoms with Crippen LogP contribution in [0.2, 0.25) is 0 Å². The van der Waals surface area contributed by atoms with E-state index in [9.17, 15) is 19.6 Å². The molecule has 1 aromatic heterocycles. The van der Waals surface area contributed by atoms with Crippen molar-refractivity contribution < 1.29 is 19.1 Å². The molecule has 0 unspecified atom stereocenters. The van der Waals surface area contributed by atoms with E-state index in [1.54, 1.807) is 24.3 Å². The van der Waals surface area contributed by atoms with Gasteiger partial charge >= 0.3 is 5.97 Å². The molecule has 0 radical (unpaired) electrons. The van der Waals surface area contributed by atoms with E-state index in [2.05, 4.69) is 28.1 Å². The Morgan fingerprint density at radius 2 is 2.24 bits per heavy atom. The minimum atomic E-state index is -1.75. The molecule has 0 spiro atoms. The fraction of sp³-hybridized carbons (Fsp3) is 0.400. The van der Waals surface area contributed by atoms with Crippen molar-refractivity contribution in [3.8, 4) is 0 Å². The number of nitroso groups, excluding NO2 is 1. The van der Waals surface area contributed by atoms with Crippen molar-refractivity contribution in [2.75, 3.05) is 18.4 Å². The number of hydrogen-bond acceptors (Lipinski definition) is 8. The highest BCUT2D eigenvalue weighted by atomic mass is 32.1. The van der Waals surface area contributed by atoms with Crippen LogP contribution in [-0.2, 0) is 9.59 Å². The van der Waals surface area contributed by atoms with Crippen LogP contribution >= 0.6 is 12.6 Å². The summed E-state index contributed by atoms with van der Waals surface area (Å²) in [6.07, 6.45) is 0.909. The quantitative estimate of drug-likeness (QED) is 0.405. The largest absolute Gasteiger partial charge is 0.480 e. The lowest BCUT2D eigenvalue weighted by Crippen LogP contribution is -2.55. The number of carbonyl (C=O) groups excluding carboxylic acids is 1. The van der Waals surface area contributed by atoms with Gasteiger partial charge in [0, 0.05) is 6.54 Å². The Morgan fingerprint density at radius 3 is 2.92 bits per heavy atom. The second-order valence-electron chi connectivity index (χ2n) is 5.75. The number of nitrogens with one attached hydrogen (secondary N) is 1. The summed E-state index contributed by atoms with van der Waals surface area (Å²) in [5, 5.41) is 14.7. The average molecular weight is 364 g/mol. The number of carbonyl (C=O) groups is 2. The number of para-hydroxylation sites is 2. The molecule has 25 heavy (non-hydrogen) atoms. The third kappa shape index (κ3) is 3.29. The lowest BCUT2D eigenvalue weighted by Gasteiger charge is -2.31. The van der Waals surface area contributed by atoms with Crippen molar-refractivity contribution in [2.45, 2.75) is 23.8 Å². The Morgan fingerprint density at radius 1 is 1.48 bits per heavy atom. The van der Waals surface area contributed by atoms with Gasteiger partial charge in [-0.2, -0.15) is 9.89 Å². The number of likely N-dealkylation sites (tertiary alicyclic amines) is 1. The predicted octanol–water partition coefficient (Wildman–Crippen LogP) is 1.71. The SMILES string of the molecule is O=NC[C@](S)(Nc1nc2ccccc2o1)C(=O)N1CCC[C@H]1C(=O)O. The van der Waals surface area contributed by atoms with Gasteiger partial charge in [0.2, 0.25) is 0 Å². The number of anilines is 1. The zero-order chi connectivity index (χ0) is 18.0. The summed E-state index contributed by atoms with van der Waals surface area (Å²) in [5.74, 6) is -1.75. The summed E-state index contributed by atoms with van der Waals surface area (Å²) in [5.41, 5.74) is 1.06. The number of oxazole rings is 1. The molecule has 3 rings (SSSR count). The summed E-state index contributed by atoms with van der Waals surface area (Å²) < 4.78 is 5.50. The van der Waals surface area contributed by atoms with Crippen LogP contribution in [0.25, 0.3) is 11.1 Å². The number of benzene rings is 1. The molecule has 0 saturated carbocycles. The number of aliphatic carboxylic acids is 1. The van der Waals surface area contributed by atoms with Gasteiger partial charge in [0.15, 0.2) is 10.5 Å². The average Bonchev–Trinajstić information content (AvgIpc) is 3.20. The van der Waals surface area contributed by atoms with E-state index in [1.807, 2.05) is 0 Å². The van der Waals surface area contributed by atoms with Crippen LogP contribution in [0.15, 0.2) is 33.9 Å². The molecular formula is C15H16N4O5S. The number of carboxylic acids is 1. The maximum atomic E-state index is 12.8. The minimum Gasteiger partial charge on any atom is -0.480 e. The van der Waals surface area contributed by atoms with Crippen LogP contribution < -0.4 is 5.32 Å². The molecule has 1 saturated heterocycles. The summed E-state index contributed by atoms with van der Waals surface area (Å²) in [4.78, 5) is 38.6. The molecule has 0 bridgehead atoms. The van der Waals surface area contributed by atoms with Gasteiger partial charge in [-0.3, -0.25) is 4.79 Å². The number of carboxylic acid groups (broad SMARTS) is 1. The van der Waals surface area contributed by atoms with Crippen LogP contribution in [-0.4, -0.2) is 50.9 Å². The van der Waals surface area contributed by atoms with Gasteiger partial charge in [0.25, 0.3) is 11.9 Å². The molecule has 2 atom stereocenters. The van der Waals surface area contributed by atoms with E-state index in [0.717, 1.165) is 0 Å². The molecule has 2 N–H and O–H groups in total. The topological polar surface area (TPSA) is 125 Å². The van der Waals surface area contributed by atoms with E-state index in [0.29, 0.717) is 23.9 Å². The monoisotopic (exact) mass is 364 g/mol. The number of nitrogens with zero attached hydrogens (tertiary/aromatic N) is 3. The number of rotatable bonds is 6. The molecule has 1 aromatic carbocycles. The van der Waals surface area contributed by atoms with Crippen molar-refractivity contribution >= 4 is 41.6 Å². The summed E-state index contributed by atoms with van der Waals surface area (Å²) >= 11 is 4.28. The highest BCUT2D eigenvalue weighted by Gasteiger charge is 2.45. The van der Waals surface area contributed by atoms with Gasteiger partial charge < -0.3 is 19.7 Å². The van der Waals surface area contributed by atoms with Gasteiger partial charge in [-0.05, 0) is 25.0 Å². The Labute approximate surface area is 147 Å². The van der Waals surface area contributed by atoms with Gasteiger partial charge in [-0.25, -0.2) is 4.79 Å². The van der Waals surface area contributed by atoms with Crippen molar-refractivity contribution in [3.63, 3.8) is 0 Å². The Kier molecular flexibility index (Phi) is 4.62. The Hall–Kier alpha value is -2.62. The molecular weight excluding hydrogens is 348 g/mol. The third-order valence-corrected chi connectivity index (χ3v) is 4.50. The lowest BCUT2D eigenvalue weighted by molar-refractivity contribution is -0.148. The molecule has 2 heterocycles. The van der Waals surface area contributed by atoms with Gasteiger partial charge in [0.1, 0.15) is 18.1 Å². The van der Waals surface area contributed by atoms with Crippen molar-refractivity contribution in [1.29, 1.82) is 0 Å². The smallest absolute Gasteiger partial charge is 0.326 e. The van der Waals surface area contributed by atoms with Crippen LogP contribution in [0.5, 0.6) is 0 Å². The van der Waals surface area contributed by atoms with E-state index in [4.69, 9.17) is 4.42 Å². The van der Waals surface area contributed by atoms with Crippen molar-refractivity contribution in [2.24, 2.45) is 5.18 Å². The standard InChI is InChI=1S/C15H16N4O5S/c20-12(21)10-5-3-7-19(10)13(22)15(25,8-16-23)18-14-17-9-4-1-2-6-11(9)24-14/h1-2,4,6,10,25H,3,5,7-8H2,(H,17,18)(H,20,21)/t10-,15+/m0/s1. The highest BCUT2D eigenvalue weighted by molar-refractivity contribution is 7.83. The highest BCUT2D eigenvalue weighted by Crippen LogP contribution is 2.28. The first-order chi connectivity index (χ1) is 11.9. The van der Waals surface area contributed by atoms with E-state index in [1.165, 1.54) is 4.90 Å². The van der Waals surface area contributed by atoms with Crippen LogP contribution in [0, 0.1) is 4.91 Å². The molecule has 10 heteroatoms.